The highest BCUT2D eigenvalue weighted by molar-refractivity contribution is 5.86. The fourth-order valence-electron chi connectivity index (χ4n) is 1.73. The van der Waals surface area contributed by atoms with Gasteiger partial charge in [-0.2, -0.15) is 13.2 Å². The maximum absolute atomic E-state index is 12.6. The number of benzene rings is 1. The number of hydrogen-bond donors (Lipinski definition) is 1. The van der Waals surface area contributed by atoms with Gasteiger partial charge in [-0.1, -0.05) is 19.4 Å². The molecule has 2 aromatic rings. The Labute approximate surface area is 103 Å². The van der Waals surface area contributed by atoms with Gasteiger partial charge in [-0.25, -0.2) is 0 Å². The number of H-pyrrole nitrogens is 1. The van der Waals surface area contributed by atoms with E-state index in [-0.39, 0.29) is 0 Å². The standard InChI is InChI=1S/C13H14F3NO/c1-2-3-7-18-11-6-4-5-10-9(11)8-12(17-10)13(14,15)16/h4-6,8,17H,2-3,7H2,1H3. The lowest BCUT2D eigenvalue weighted by molar-refractivity contribution is -0.140. The van der Waals surface area contributed by atoms with Gasteiger partial charge in [0.05, 0.1) is 6.61 Å². The Hall–Kier alpha value is -1.65. The fourth-order valence-corrected chi connectivity index (χ4v) is 1.73. The number of aromatic nitrogens is 1. The van der Waals surface area contributed by atoms with E-state index in [0.29, 0.717) is 23.3 Å². The van der Waals surface area contributed by atoms with Crippen molar-refractivity contribution in [2.45, 2.75) is 25.9 Å². The molecule has 0 aliphatic rings. The Morgan fingerprint density at radius 2 is 2.06 bits per heavy atom. The first-order valence-corrected chi connectivity index (χ1v) is 5.84. The topological polar surface area (TPSA) is 25.0 Å². The first-order valence-electron chi connectivity index (χ1n) is 5.84. The van der Waals surface area contributed by atoms with Crippen LogP contribution in [0.1, 0.15) is 25.5 Å². The summed E-state index contributed by atoms with van der Waals surface area (Å²) in [5.74, 6) is 0.493. The molecule has 0 aliphatic carbocycles. The van der Waals surface area contributed by atoms with Gasteiger partial charge in [0.2, 0.25) is 0 Å². The Morgan fingerprint density at radius 1 is 1.28 bits per heavy atom. The Kier molecular flexibility index (Phi) is 3.50. The van der Waals surface area contributed by atoms with Crippen LogP contribution in [0.4, 0.5) is 13.2 Å². The molecule has 5 heteroatoms. The minimum atomic E-state index is -4.36. The molecule has 0 unspecified atom stereocenters. The molecule has 1 N–H and O–H groups in total. The van der Waals surface area contributed by atoms with Crippen molar-refractivity contribution in [1.29, 1.82) is 0 Å². The maximum atomic E-state index is 12.6. The highest BCUT2D eigenvalue weighted by Gasteiger charge is 2.32. The first-order chi connectivity index (χ1) is 8.52. The van der Waals surface area contributed by atoms with Crippen LogP contribution >= 0.6 is 0 Å². The van der Waals surface area contributed by atoms with Crippen molar-refractivity contribution in [3.8, 4) is 5.75 Å². The summed E-state index contributed by atoms with van der Waals surface area (Å²) in [6.07, 6.45) is -2.50. The molecular formula is C13H14F3NO. The predicted octanol–water partition coefficient (Wildman–Crippen LogP) is 4.37. The quantitative estimate of drug-likeness (QED) is 0.808. The zero-order valence-electron chi connectivity index (χ0n) is 9.97. The molecular weight excluding hydrogens is 243 g/mol. The summed E-state index contributed by atoms with van der Waals surface area (Å²) in [7, 11) is 0. The highest BCUT2D eigenvalue weighted by Crippen LogP contribution is 2.34. The highest BCUT2D eigenvalue weighted by atomic mass is 19.4. The molecule has 1 heterocycles. The lowest BCUT2D eigenvalue weighted by atomic mass is 10.2. The molecule has 1 aromatic carbocycles. The lowest BCUT2D eigenvalue weighted by Gasteiger charge is -2.05. The van der Waals surface area contributed by atoms with Crippen molar-refractivity contribution < 1.29 is 17.9 Å². The van der Waals surface area contributed by atoms with Gasteiger partial charge in [-0.3, -0.25) is 0 Å². The molecule has 0 radical (unpaired) electrons. The molecule has 0 bridgehead atoms. The largest absolute Gasteiger partial charge is 0.493 e. The lowest BCUT2D eigenvalue weighted by Crippen LogP contribution is -2.04. The summed E-state index contributed by atoms with van der Waals surface area (Å²) in [6, 6.07) is 6.07. The van der Waals surface area contributed by atoms with E-state index >= 15 is 0 Å². The van der Waals surface area contributed by atoms with Gasteiger partial charge in [-0.15, -0.1) is 0 Å². The summed E-state index contributed by atoms with van der Waals surface area (Å²) < 4.78 is 43.3. The van der Waals surface area contributed by atoms with Crippen molar-refractivity contribution in [3.63, 3.8) is 0 Å². The number of fused-ring (bicyclic) bond motifs is 1. The number of nitrogens with one attached hydrogen (secondary N) is 1. The van der Waals surface area contributed by atoms with Crippen LogP contribution in [0.5, 0.6) is 5.75 Å². The average molecular weight is 257 g/mol. The zero-order chi connectivity index (χ0) is 13.2. The van der Waals surface area contributed by atoms with Crippen LogP contribution in [-0.2, 0) is 6.18 Å². The Balaban J connectivity index is 2.33. The second-order valence-electron chi connectivity index (χ2n) is 4.10. The molecule has 0 spiro atoms. The maximum Gasteiger partial charge on any atom is 0.431 e. The second kappa shape index (κ2) is 4.92. The minimum Gasteiger partial charge on any atom is -0.493 e. The van der Waals surface area contributed by atoms with Crippen LogP contribution in [0.2, 0.25) is 0 Å². The fraction of sp³-hybridized carbons (Fsp3) is 0.385. The number of aromatic amines is 1. The normalized spacial score (nSPS) is 12.0. The van der Waals surface area contributed by atoms with Crippen LogP contribution in [0.3, 0.4) is 0 Å². The molecule has 98 valence electrons. The van der Waals surface area contributed by atoms with Gasteiger partial charge >= 0.3 is 6.18 Å². The summed E-state index contributed by atoms with van der Waals surface area (Å²) in [5, 5.41) is 0.473. The van der Waals surface area contributed by atoms with Crippen LogP contribution < -0.4 is 4.74 Å². The van der Waals surface area contributed by atoms with Crippen LogP contribution in [-0.4, -0.2) is 11.6 Å². The van der Waals surface area contributed by atoms with E-state index < -0.39 is 11.9 Å². The van der Waals surface area contributed by atoms with E-state index in [1.165, 1.54) is 0 Å². The van der Waals surface area contributed by atoms with E-state index in [1.54, 1.807) is 18.2 Å². The van der Waals surface area contributed by atoms with Crippen molar-refractivity contribution in [1.82, 2.24) is 4.98 Å². The molecule has 2 rings (SSSR count). The molecule has 0 aliphatic heterocycles. The molecule has 18 heavy (non-hydrogen) atoms. The van der Waals surface area contributed by atoms with Crippen LogP contribution in [0.25, 0.3) is 10.9 Å². The van der Waals surface area contributed by atoms with Crippen molar-refractivity contribution in [3.05, 3.63) is 30.0 Å². The predicted molar refractivity (Wildman–Crippen MR) is 63.7 cm³/mol. The van der Waals surface area contributed by atoms with Crippen molar-refractivity contribution in [2.24, 2.45) is 0 Å². The van der Waals surface area contributed by atoms with Gasteiger partial charge in [0, 0.05) is 10.9 Å². The summed E-state index contributed by atoms with van der Waals surface area (Å²) >= 11 is 0. The van der Waals surface area contributed by atoms with Crippen molar-refractivity contribution >= 4 is 10.9 Å². The molecule has 2 nitrogen and oxygen atoms in total. The molecule has 0 fully saturated rings. The summed E-state index contributed by atoms with van der Waals surface area (Å²) in [6.45, 7) is 2.55. The smallest absolute Gasteiger partial charge is 0.431 e. The Morgan fingerprint density at radius 3 is 2.72 bits per heavy atom. The number of alkyl halides is 3. The van der Waals surface area contributed by atoms with Gasteiger partial charge < -0.3 is 9.72 Å². The minimum absolute atomic E-state index is 0.441. The summed E-state index contributed by atoms with van der Waals surface area (Å²) in [5.41, 5.74) is -0.305. The van der Waals surface area contributed by atoms with E-state index in [2.05, 4.69) is 4.98 Å². The van der Waals surface area contributed by atoms with E-state index in [4.69, 9.17) is 4.74 Å². The SMILES string of the molecule is CCCCOc1cccc2[nH]c(C(F)(F)F)cc12. The molecule has 0 saturated heterocycles. The number of rotatable bonds is 4. The molecule has 1 aromatic heterocycles. The number of unbranched alkanes of at least 4 members (excludes halogenated alkanes) is 1. The third kappa shape index (κ3) is 2.60. The number of halogens is 3. The molecule has 0 saturated carbocycles. The van der Waals surface area contributed by atoms with E-state index in [1.807, 2.05) is 6.92 Å². The number of hydrogen-bond acceptors (Lipinski definition) is 1. The molecule has 0 atom stereocenters. The monoisotopic (exact) mass is 257 g/mol. The second-order valence-corrected chi connectivity index (χ2v) is 4.10. The van der Waals surface area contributed by atoms with Gasteiger partial charge in [0.25, 0.3) is 0 Å². The van der Waals surface area contributed by atoms with Gasteiger partial charge in [0.1, 0.15) is 11.4 Å². The third-order valence-corrected chi connectivity index (χ3v) is 2.68. The molecule has 0 amide bonds. The van der Waals surface area contributed by atoms with Crippen molar-refractivity contribution in [2.75, 3.05) is 6.61 Å². The first kappa shape index (κ1) is 12.8. The van der Waals surface area contributed by atoms with E-state index in [0.717, 1.165) is 18.9 Å². The summed E-state index contributed by atoms with van der Waals surface area (Å²) in [4.78, 5) is 2.36. The number of ether oxygens (including phenoxy) is 1. The van der Waals surface area contributed by atoms with Crippen LogP contribution in [0.15, 0.2) is 24.3 Å². The average Bonchev–Trinajstić information content (AvgIpc) is 2.73. The van der Waals surface area contributed by atoms with Gasteiger partial charge in [-0.05, 0) is 24.6 Å². The van der Waals surface area contributed by atoms with Crippen LogP contribution in [0, 0.1) is 0 Å². The third-order valence-electron chi connectivity index (χ3n) is 2.68. The Bertz CT molecular complexity index is 531. The zero-order valence-corrected chi connectivity index (χ0v) is 9.97. The van der Waals surface area contributed by atoms with Gasteiger partial charge in [0.15, 0.2) is 0 Å². The van der Waals surface area contributed by atoms with E-state index in [9.17, 15) is 13.2 Å².